The van der Waals surface area contributed by atoms with Crippen molar-refractivity contribution in [3.63, 3.8) is 0 Å². The fraction of sp³-hybridized carbons (Fsp3) is 0.833. The zero-order valence-electron chi connectivity index (χ0n) is 12.1. The van der Waals surface area contributed by atoms with Gasteiger partial charge < -0.3 is 10.2 Å². The smallest absolute Gasteiger partial charge is 0.233 e. The summed E-state index contributed by atoms with van der Waals surface area (Å²) in [6.07, 6.45) is 0.506. The van der Waals surface area contributed by atoms with E-state index >= 15 is 0 Å². The van der Waals surface area contributed by atoms with Crippen LogP contribution < -0.4 is 5.32 Å². The van der Waals surface area contributed by atoms with E-state index in [1.54, 1.807) is 6.92 Å². The van der Waals surface area contributed by atoms with E-state index in [1.165, 1.54) is 11.8 Å². The molecular weight excluding hydrogens is 316 g/mol. The monoisotopic (exact) mass is 338 g/mol. The molecule has 20 heavy (non-hydrogen) atoms. The van der Waals surface area contributed by atoms with Crippen molar-refractivity contribution < 1.29 is 13.2 Å². The minimum absolute atomic E-state index is 0.0522. The van der Waals surface area contributed by atoms with E-state index in [9.17, 15) is 13.2 Å². The second kappa shape index (κ2) is 7.61. The van der Waals surface area contributed by atoms with Crippen molar-refractivity contribution in [1.29, 1.82) is 0 Å². The highest BCUT2D eigenvalue weighted by atomic mass is 32.2. The second-order valence-electron chi connectivity index (χ2n) is 4.81. The normalized spacial score (nSPS) is 22.2. The van der Waals surface area contributed by atoms with Crippen molar-refractivity contribution in [3.8, 4) is 0 Å². The third-order valence-electron chi connectivity index (χ3n) is 3.25. The van der Waals surface area contributed by atoms with Crippen molar-refractivity contribution in [2.24, 2.45) is 0 Å². The molecule has 0 aromatic carbocycles. The average molecular weight is 339 g/mol. The third kappa shape index (κ3) is 5.21. The van der Waals surface area contributed by atoms with Crippen molar-refractivity contribution in [3.05, 3.63) is 0 Å². The van der Waals surface area contributed by atoms with Gasteiger partial charge in [0.05, 0.1) is 16.8 Å². The van der Waals surface area contributed by atoms with E-state index in [4.69, 9.17) is 12.2 Å². The number of carbonyl (C=O) groups excluding carboxylic acids is 1. The number of rotatable bonds is 5. The van der Waals surface area contributed by atoms with Crippen LogP contribution >= 0.6 is 24.0 Å². The van der Waals surface area contributed by atoms with E-state index in [0.717, 1.165) is 13.1 Å². The molecule has 0 aliphatic carbocycles. The van der Waals surface area contributed by atoms with Crippen LogP contribution in [0.5, 0.6) is 0 Å². The van der Waals surface area contributed by atoms with Gasteiger partial charge in [-0.05, 0) is 27.2 Å². The molecule has 1 heterocycles. The zero-order chi connectivity index (χ0) is 15.3. The lowest BCUT2D eigenvalue weighted by atomic mass is 10.2. The SMILES string of the molecule is CCN(CC)C(=S)S[C@@H](C)C(=O)N[C@@H]1CCS(=O)(=O)C1. The highest BCUT2D eigenvalue weighted by Gasteiger charge is 2.30. The fourth-order valence-corrected chi connectivity index (χ4v) is 5.24. The molecule has 1 aliphatic rings. The number of hydrogen-bond donors (Lipinski definition) is 1. The van der Waals surface area contributed by atoms with E-state index in [1.807, 2.05) is 18.7 Å². The first-order valence-electron chi connectivity index (χ1n) is 6.75. The maximum atomic E-state index is 12.0. The van der Waals surface area contributed by atoms with Crippen molar-refractivity contribution in [2.45, 2.75) is 38.5 Å². The van der Waals surface area contributed by atoms with Crippen molar-refractivity contribution >= 4 is 44.0 Å². The molecule has 1 saturated heterocycles. The van der Waals surface area contributed by atoms with E-state index < -0.39 is 9.84 Å². The molecular formula is C12H22N2O3S3. The molecule has 8 heteroatoms. The summed E-state index contributed by atoms with van der Waals surface area (Å²) in [6, 6.07) is -0.252. The summed E-state index contributed by atoms with van der Waals surface area (Å²) in [5.74, 6) is 0.0696. The van der Waals surface area contributed by atoms with Gasteiger partial charge >= 0.3 is 0 Å². The highest BCUT2D eigenvalue weighted by molar-refractivity contribution is 8.23. The standard InChI is InChI=1S/C12H22N2O3S3/c1-4-14(5-2)12(18)19-9(3)11(15)13-10-6-7-20(16,17)8-10/h9-10H,4-8H2,1-3H3,(H,13,15)/t9-,10+/m0/s1. The number of nitrogens with zero attached hydrogens (tertiary/aromatic N) is 1. The summed E-state index contributed by atoms with van der Waals surface area (Å²) in [5.41, 5.74) is 0. The Morgan fingerprint density at radius 3 is 2.50 bits per heavy atom. The number of nitrogens with one attached hydrogen (secondary N) is 1. The molecule has 0 aromatic heterocycles. The molecule has 1 fully saturated rings. The predicted octanol–water partition coefficient (Wildman–Crippen LogP) is 1.04. The first-order chi connectivity index (χ1) is 9.29. The Morgan fingerprint density at radius 1 is 1.45 bits per heavy atom. The molecule has 116 valence electrons. The first-order valence-corrected chi connectivity index (χ1v) is 9.86. The third-order valence-corrected chi connectivity index (χ3v) is 6.59. The molecule has 0 bridgehead atoms. The Hall–Kier alpha value is -0.340. The molecule has 2 atom stereocenters. The summed E-state index contributed by atoms with van der Waals surface area (Å²) in [6.45, 7) is 7.46. The Balaban J connectivity index is 2.45. The molecule has 0 saturated carbocycles. The van der Waals surface area contributed by atoms with Gasteiger partial charge in [0.25, 0.3) is 0 Å². The summed E-state index contributed by atoms with van der Waals surface area (Å²) in [4.78, 5) is 14.1. The molecule has 0 unspecified atom stereocenters. The van der Waals surface area contributed by atoms with Crippen LogP contribution in [0.2, 0.25) is 0 Å². The van der Waals surface area contributed by atoms with Gasteiger partial charge in [-0.25, -0.2) is 8.42 Å². The first kappa shape index (κ1) is 17.7. The van der Waals surface area contributed by atoms with Crippen LogP contribution in [0.25, 0.3) is 0 Å². The molecule has 0 radical (unpaired) electrons. The largest absolute Gasteiger partial charge is 0.358 e. The van der Waals surface area contributed by atoms with Crippen LogP contribution in [0, 0.1) is 0 Å². The molecule has 0 aromatic rings. The van der Waals surface area contributed by atoms with E-state index in [2.05, 4.69) is 5.32 Å². The Morgan fingerprint density at radius 2 is 2.05 bits per heavy atom. The molecule has 5 nitrogen and oxygen atoms in total. The lowest BCUT2D eigenvalue weighted by Gasteiger charge is -2.23. The van der Waals surface area contributed by atoms with Crippen LogP contribution in [0.4, 0.5) is 0 Å². The summed E-state index contributed by atoms with van der Waals surface area (Å²) >= 11 is 6.65. The molecule has 1 amide bonds. The lowest BCUT2D eigenvalue weighted by Crippen LogP contribution is -2.41. The highest BCUT2D eigenvalue weighted by Crippen LogP contribution is 2.18. The molecule has 1 rings (SSSR count). The van der Waals surface area contributed by atoms with Crippen molar-refractivity contribution in [1.82, 2.24) is 10.2 Å². The summed E-state index contributed by atoms with van der Waals surface area (Å²) < 4.78 is 23.4. The molecule has 1 N–H and O–H groups in total. The topological polar surface area (TPSA) is 66.5 Å². The van der Waals surface area contributed by atoms with Gasteiger partial charge in [-0.15, -0.1) is 0 Å². The Bertz CT molecular complexity index is 461. The minimum atomic E-state index is -2.97. The van der Waals surface area contributed by atoms with E-state index in [0.29, 0.717) is 10.7 Å². The summed E-state index contributed by atoms with van der Waals surface area (Å²) in [7, 11) is -2.97. The predicted molar refractivity (Wildman–Crippen MR) is 87.8 cm³/mol. The fourth-order valence-electron chi connectivity index (χ4n) is 1.99. The number of carbonyl (C=O) groups is 1. The van der Waals surface area contributed by atoms with Gasteiger partial charge in [-0.3, -0.25) is 4.79 Å². The quantitative estimate of drug-likeness (QED) is 0.756. The number of amides is 1. The molecule has 1 aliphatic heterocycles. The van der Waals surface area contributed by atoms with Crippen molar-refractivity contribution in [2.75, 3.05) is 24.6 Å². The number of hydrogen-bond acceptors (Lipinski definition) is 5. The van der Waals surface area contributed by atoms with Gasteiger partial charge in [0, 0.05) is 19.1 Å². The number of sulfone groups is 1. The van der Waals surface area contributed by atoms with Crippen LogP contribution in [-0.2, 0) is 14.6 Å². The van der Waals surface area contributed by atoms with Crippen LogP contribution in [0.3, 0.4) is 0 Å². The maximum Gasteiger partial charge on any atom is 0.233 e. The van der Waals surface area contributed by atoms with Crippen LogP contribution in [-0.4, -0.2) is 59.4 Å². The van der Waals surface area contributed by atoms with Gasteiger partial charge in [-0.1, -0.05) is 24.0 Å². The lowest BCUT2D eigenvalue weighted by molar-refractivity contribution is -0.120. The Labute approximate surface area is 130 Å². The van der Waals surface area contributed by atoms with Crippen LogP contribution in [0.1, 0.15) is 27.2 Å². The van der Waals surface area contributed by atoms with Crippen LogP contribution in [0.15, 0.2) is 0 Å². The average Bonchev–Trinajstić information content (AvgIpc) is 2.70. The zero-order valence-corrected chi connectivity index (χ0v) is 14.5. The van der Waals surface area contributed by atoms with E-state index in [-0.39, 0.29) is 28.7 Å². The van der Waals surface area contributed by atoms with Gasteiger partial charge in [0.1, 0.15) is 4.32 Å². The Kier molecular flexibility index (Phi) is 6.74. The number of thiocarbonyl (C=S) groups is 1. The maximum absolute atomic E-state index is 12.0. The van der Waals surface area contributed by atoms with Gasteiger partial charge in [0.2, 0.25) is 5.91 Å². The number of thioether (sulfide) groups is 1. The molecule has 0 spiro atoms. The minimum Gasteiger partial charge on any atom is -0.358 e. The summed E-state index contributed by atoms with van der Waals surface area (Å²) in [5, 5.41) is 2.48. The second-order valence-corrected chi connectivity index (χ2v) is 9.01. The van der Waals surface area contributed by atoms with Gasteiger partial charge in [-0.2, -0.15) is 0 Å². The van der Waals surface area contributed by atoms with Gasteiger partial charge in [0.15, 0.2) is 9.84 Å².